The number of amides is 1. The van der Waals surface area contributed by atoms with Gasteiger partial charge in [0, 0.05) is 54.7 Å². The molecule has 0 bridgehead atoms. The van der Waals surface area contributed by atoms with Crippen LogP contribution >= 0.6 is 11.3 Å². The molecule has 0 radical (unpaired) electrons. The van der Waals surface area contributed by atoms with Gasteiger partial charge in [-0.15, -0.1) is 11.3 Å². The molecule has 6 nitrogen and oxygen atoms in total. The van der Waals surface area contributed by atoms with Gasteiger partial charge in [0.1, 0.15) is 0 Å². The fourth-order valence-corrected chi connectivity index (χ4v) is 8.16. The minimum atomic E-state index is -0.467. The predicted octanol–water partition coefficient (Wildman–Crippen LogP) is 4.50. The van der Waals surface area contributed by atoms with E-state index in [0.717, 1.165) is 74.7 Å². The fraction of sp³-hybridized carbons (Fsp3) is 0.667. The van der Waals surface area contributed by atoms with E-state index in [1.54, 1.807) is 11.3 Å². The maximum atomic E-state index is 13.1. The fourth-order valence-electron chi connectivity index (χ4n) is 6.87. The van der Waals surface area contributed by atoms with Gasteiger partial charge in [0.15, 0.2) is 5.13 Å². The second-order valence-electron chi connectivity index (χ2n) is 11.0. The van der Waals surface area contributed by atoms with Crippen molar-refractivity contribution in [1.29, 1.82) is 0 Å². The quantitative estimate of drug-likeness (QED) is 0.634. The number of nitrogens with zero attached hydrogens (tertiary/aromatic N) is 3. The van der Waals surface area contributed by atoms with Crippen LogP contribution in [0, 0.1) is 23.2 Å². The first-order chi connectivity index (χ1) is 16.4. The molecule has 3 heterocycles. The molecule has 2 aromatic heterocycles. The first-order valence-corrected chi connectivity index (χ1v) is 13.8. The lowest BCUT2D eigenvalue weighted by Crippen LogP contribution is -2.53. The molecule has 5 rings (SSSR count). The lowest BCUT2D eigenvalue weighted by Gasteiger charge is -2.53. The number of hydrogen-bond acceptors (Lipinski definition) is 6. The maximum Gasteiger partial charge on any atom is 0.225 e. The van der Waals surface area contributed by atoms with Crippen molar-refractivity contribution >= 4 is 22.4 Å². The predicted molar refractivity (Wildman–Crippen MR) is 136 cm³/mol. The number of carbonyl (C=O) groups excluding carboxylic acids is 1. The number of hydrogen-bond donors (Lipinski definition) is 2. The van der Waals surface area contributed by atoms with Crippen molar-refractivity contribution in [2.75, 3.05) is 25.0 Å². The zero-order valence-electron chi connectivity index (χ0n) is 20.7. The number of aliphatic hydroxyl groups is 1. The van der Waals surface area contributed by atoms with Gasteiger partial charge in [-0.1, -0.05) is 26.8 Å². The summed E-state index contributed by atoms with van der Waals surface area (Å²) in [6.07, 6.45) is 7.39. The summed E-state index contributed by atoms with van der Waals surface area (Å²) in [7, 11) is 0. The van der Waals surface area contributed by atoms with Gasteiger partial charge >= 0.3 is 0 Å². The third-order valence-corrected chi connectivity index (χ3v) is 9.78. The Kier molecular flexibility index (Phi) is 6.68. The monoisotopic (exact) mass is 482 g/mol. The zero-order valence-corrected chi connectivity index (χ0v) is 21.5. The van der Waals surface area contributed by atoms with E-state index in [1.807, 2.05) is 30.2 Å². The molecule has 1 amide bonds. The van der Waals surface area contributed by atoms with Gasteiger partial charge in [-0.05, 0) is 61.5 Å². The number of anilines is 1. The van der Waals surface area contributed by atoms with Crippen LogP contribution in [-0.4, -0.2) is 51.6 Å². The summed E-state index contributed by atoms with van der Waals surface area (Å²) < 4.78 is 0. The summed E-state index contributed by atoms with van der Waals surface area (Å²) in [5, 5.41) is 16.1. The number of aromatic nitrogens is 2. The minimum absolute atomic E-state index is 0.0322. The van der Waals surface area contributed by atoms with Gasteiger partial charge < -0.3 is 15.3 Å². The molecule has 7 heteroatoms. The largest absolute Gasteiger partial charge is 0.392 e. The van der Waals surface area contributed by atoms with E-state index in [0.29, 0.717) is 0 Å². The van der Waals surface area contributed by atoms with Gasteiger partial charge in [-0.2, -0.15) is 0 Å². The summed E-state index contributed by atoms with van der Waals surface area (Å²) in [4.78, 5) is 25.9. The number of fused-ring (bicyclic) bond motifs is 2. The van der Waals surface area contributed by atoms with Crippen LogP contribution in [-0.2, 0) is 17.6 Å². The Bertz CT molecular complexity index is 1010. The van der Waals surface area contributed by atoms with Crippen LogP contribution < -0.4 is 5.32 Å². The average Bonchev–Trinajstić information content (AvgIpc) is 3.49. The average molecular weight is 483 g/mol. The van der Waals surface area contributed by atoms with Gasteiger partial charge in [0.2, 0.25) is 5.91 Å². The van der Waals surface area contributed by atoms with Crippen molar-refractivity contribution in [3.63, 3.8) is 0 Å². The highest BCUT2D eigenvalue weighted by Crippen LogP contribution is 2.57. The van der Waals surface area contributed by atoms with Crippen LogP contribution in [0.5, 0.6) is 0 Å². The van der Waals surface area contributed by atoms with Gasteiger partial charge in [0.05, 0.1) is 11.8 Å². The van der Waals surface area contributed by atoms with Crippen LogP contribution in [0.2, 0.25) is 0 Å². The van der Waals surface area contributed by atoms with Crippen LogP contribution in [0.1, 0.15) is 68.6 Å². The van der Waals surface area contributed by atoms with Crippen molar-refractivity contribution in [2.45, 2.75) is 71.3 Å². The molecule has 2 aliphatic carbocycles. The third-order valence-electron chi connectivity index (χ3n) is 8.76. The molecule has 1 aliphatic heterocycles. The Balaban J connectivity index is 1.29. The molecule has 2 aromatic rings. The first-order valence-electron chi connectivity index (χ1n) is 13.0. The van der Waals surface area contributed by atoms with Crippen LogP contribution in [0.25, 0.3) is 0 Å². The summed E-state index contributed by atoms with van der Waals surface area (Å²) in [5.74, 6) is 0.469. The highest BCUT2D eigenvalue weighted by molar-refractivity contribution is 7.15. The number of likely N-dealkylation sites (tertiary alicyclic amines) is 1. The van der Waals surface area contributed by atoms with Gasteiger partial charge in [-0.25, -0.2) is 4.98 Å². The molecule has 3 aliphatic rings. The number of aliphatic hydroxyl groups excluding tert-OH is 1. The second-order valence-corrected chi connectivity index (χ2v) is 12.1. The van der Waals surface area contributed by atoms with E-state index in [-0.39, 0.29) is 35.0 Å². The molecule has 6 atom stereocenters. The van der Waals surface area contributed by atoms with E-state index >= 15 is 0 Å². The maximum absolute atomic E-state index is 13.1. The summed E-state index contributed by atoms with van der Waals surface area (Å²) in [5.41, 5.74) is 2.28. The molecular weight excluding hydrogens is 444 g/mol. The lowest BCUT2D eigenvalue weighted by atomic mass is 9.53. The first kappa shape index (κ1) is 23.7. The van der Waals surface area contributed by atoms with Crippen LogP contribution in [0.3, 0.4) is 0 Å². The van der Waals surface area contributed by atoms with Crippen molar-refractivity contribution in [1.82, 2.24) is 14.9 Å². The standard InChI is InChI=1S/C27H38N4O2S/c1-17(25(33)31-14-6-7-15-31)20-9-11-27(3)16-21-23(18(2)22(27)24(20)32)30-26(34-21)29-13-10-19-8-4-5-12-28-19/h4-5,8,12,17-18,20,22,24,32H,6-7,9-11,13-16H2,1-3H3,(H,29,30)/t17-,18-,20?,22+,24-,27-/m0/s1. The van der Waals surface area contributed by atoms with Gasteiger partial charge in [0.25, 0.3) is 0 Å². The highest BCUT2D eigenvalue weighted by Gasteiger charge is 2.54. The normalized spacial score (nSPS) is 31.6. The number of thiazole rings is 1. The zero-order chi connectivity index (χ0) is 23.9. The third kappa shape index (κ3) is 4.37. The lowest BCUT2D eigenvalue weighted by molar-refractivity contribution is -0.143. The number of pyridine rings is 1. The van der Waals surface area contributed by atoms with Gasteiger partial charge in [-0.3, -0.25) is 9.78 Å². The molecule has 1 unspecified atom stereocenters. The molecule has 2 N–H and O–H groups in total. The molecule has 34 heavy (non-hydrogen) atoms. The molecule has 184 valence electrons. The smallest absolute Gasteiger partial charge is 0.225 e. The second kappa shape index (κ2) is 9.57. The SMILES string of the molecule is C[C@H](C(=O)N1CCCC1)C1CC[C@@]2(C)Cc3sc(NCCc4ccccn4)nc3[C@@H](C)[C@@H]2[C@H]1O. The number of nitrogens with one attached hydrogen (secondary N) is 1. The molecule has 2 fully saturated rings. The highest BCUT2D eigenvalue weighted by atomic mass is 32.1. The Labute approximate surface area is 207 Å². The number of rotatable bonds is 6. The summed E-state index contributed by atoms with van der Waals surface area (Å²) in [6, 6.07) is 6.01. The molecule has 1 saturated carbocycles. The molecule has 0 aromatic carbocycles. The van der Waals surface area contributed by atoms with Crippen molar-refractivity contribution in [3.8, 4) is 0 Å². The van der Waals surface area contributed by atoms with Crippen molar-refractivity contribution in [3.05, 3.63) is 40.7 Å². The van der Waals surface area contributed by atoms with E-state index < -0.39 is 6.10 Å². The Morgan fingerprint density at radius 3 is 2.88 bits per heavy atom. The Morgan fingerprint density at radius 2 is 2.15 bits per heavy atom. The Morgan fingerprint density at radius 1 is 1.35 bits per heavy atom. The van der Waals surface area contributed by atoms with Crippen molar-refractivity contribution < 1.29 is 9.90 Å². The minimum Gasteiger partial charge on any atom is -0.392 e. The van der Waals surface area contributed by atoms with E-state index in [1.165, 1.54) is 4.88 Å². The van der Waals surface area contributed by atoms with Crippen molar-refractivity contribution in [2.24, 2.45) is 23.2 Å². The summed E-state index contributed by atoms with van der Waals surface area (Å²) >= 11 is 1.77. The van der Waals surface area contributed by atoms with E-state index in [4.69, 9.17) is 4.98 Å². The Hall–Kier alpha value is -1.99. The topological polar surface area (TPSA) is 78.4 Å². The molecular formula is C27H38N4O2S. The van der Waals surface area contributed by atoms with E-state index in [9.17, 15) is 9.90 Å². The number of carbonyl (C=O) groups is 1. The molecule has 1 saturated heterocycles. The molecule has 0 spiro atoms. The summed E-state index contributed by atoms with van der Waals surface area (Å²) in [6.45, 7) is 9.18. The van der Waals surface area contributed by atoms with Crippen LogP contribution in [0.4, 0.5) is 5.13 Å². The van der Waals surface area contributed by atoms with Crippen LogP contribution in [0.15, 0.2) is 24.4 Å². The van der Waals surface area contributed by atoms with E-state index in [2.05, 4.69) is 30.2 Å².